The van der Waals surface area contributed by atoms with E-state index in [1.54, 1.807) is 26.0 Å². The summed E-state index contributed by atoms with van der Waals surface area (Å²) in [6.45, 7) is 3.23. The molecule has 0 aromatic heterocycles. The largest absolute Gasteiger partial charge is 0.325 e. The van der Waals surface area contributed by atoms with Gasteiger partial charge < -0.3 is 11.1 Å². The number of carbonyl (C=O) groups excluding carboxylic acids is 1. The van der Waals surface area contributed by atoms with Gasteiger partial charge in [-0.25, -0.2) is 13.1 Å². The Bertz CT molecular complexity index is 558. The number of hydrogen-bond acceptors (Lipinski definition) is 4. The Labute approximate surface area is 119 Å². The molecule has 0 bridgehead atoms. The lowest BCUT2D eigenvalue weighted by Gasteiger charge is -2.11. The number of carbonyl (C=O) groups is 1. The average Bonchev–Trinajstić information content (AvgIpc) is 2.31. The quantitative estimate of drug-likeness (QED) is 0.758. The molecule has 0 unspecified atom stereocenters. The van der Waals surface area contributed by atoms with E-state index in [4.69, 9.17) is 5.73 Å². The lowest BCUT2D eigenvalue weighted by Crippen LogP contribution is -2.32. The van der Waals surface area contributed by atoms with Crippen molar-refractivity contribution >= 4 is 34.0 Å². The van der Waals surface area contributed by atoms with Crippen LogP contribution in [0.25, 0.3) is 0 Å². The number of aryl methyl sites for hydroxylation is 1. The summed E-state index contributed by atoms with van der Waals surface area (Å²) in [7, 11) is -2.20. The van der Waals surface area contributed by atoms with E-state index in [0.29, 0.717) is 11.3 Å². The van der Waals surface area contributed by atoms with Crippen LogP contribution >= 0.6 is 12.4 Å². The molecule has 0 fully saturated rings. The summed E-state index contributed by atoms with van der Waals surface area (Å²) >= 11 is 0. The molecule has 0 aliphatic carbocycles. The monoisotopic (exact) mass is 307 g/mol. The Morgan fingerprint density at radius 1 is 1.37 bits per heavy atom. The zero-order valence-corrected chi connectivity index (χ0v) is 12.6. The summed E-state index contributed by atoms with van der Waals surface area (Å²) in [6, 6.07) is 4.00. The van der Waals surface area contributed by atoms with Gasteiger partial charge in [0.1, 0.15) is 0 Å². The molecule has 1 aromatic rings. The second-order valence-corrected chi connectivity index (χ2v) is 5.82. The Hall–Kier alpha value is -1.15. The predicted molar refractivity (Wildman–Crippen MR) is 77.0 cm³/mol. The summed E-state index contributed by atoms with van der Waals surface area (Å²) < 4.78 is 25.7. The number of anilines is 1. The maximum atomic E-state index is 11.7. The van der Waals surface area contributed by atoms with Gasteiger partial charge in [-0.1, -0.05) is 6.07 Å². The number of halogens is 1. The van der Waals surface area contributed by atoms with Gasteiger partial charge in [0.2, 0.25) is 15.9 Å². The van der Waals surface area contributed by atoms with Gasteiger partial charge in [0, 0.05) is 5.69 Å². The maximum absolute atomic E-state index is 11.7. The zero-order valence-electron chi connectivity index (χ0n) is 10.9. The molecular weight excluding hydrogens is 290 g/mol. The standard InChI is InChI=1S/C11H17N3O3S.ClH/c1-7-4-5-9(14-11(15)8(2)12)6-10(7)18(16,17)13-3;/h4-6,8,13H,12H2,1-3H3,(H,14,15);1H/t8-;/m0./s1. The highest BCUT2D eigenvalue weighted by molar-refractivity contribution is 7.89. The highest BCUT2D eigenvalue weighted by atomic mass is 35.5. The van der Waals surface area contributed by atoms with Crippen molar-refractivity contribution in [3.63, 3.8) is 0 Å². The van der Waals surface area contributed by atoms with Crippen LogP contribution in [-0.2, 0) is 14.8 Å². The van der Waals surface area contributed by atoms with Gasteiger partial charge in [-0.2, -0.15) is 0 Å². The fourth-order valence-corrected chi connectivity index (χ4v) is 2.33. The predicted octanol–water partition coefficient (Wildman–Crippen LogP) is 0.611. The van der Waals surface area contributed by atoms with E-state index in [9.17, 15) is 13.2 Å². The molecule has 0 aliphatic heterocycles. The first kappa shape index (κ1) is 17.8. The first-order chi connectivity index (χ1) is 8.27. The van der Waals surface area contributed by atoms with E-state index < -0.39 is 16.1 Å². The van der Waals surface area contributed by atoms with Crippen LogP contribution in [0.2, 0.25) is 0 Å². The van der Waals surface area contributed by atoms with Crippen LogP contribution in [0.3, 0.4) is 0 Å². The molecule has 6 nitrogen and oxygen atoms in total. The third-order valence-corrected chi connectivity index (χ3v) is 3.98. The summed E-state index contributed by atoms with van der Waals surface area (Å²) in [6.07, 6.45) is 0. The summed E-state index contributed by atoms with van der Waals surface area (Å²) in [5, 5.41) is 2.55. The smallest absolute Gasteiger partial charge is 0.240 e. The number of nitrogens with two attached hydrogens (primary N) is 1. The van der Waals surface area contributed by atoms with Gasteiger partial charge >= 0.3 is 0 Å². The number of hydrogen-bond donors (Lipinski definition) is 3. The van der Waals surface area contributed by atoms with Crippen LogP contribution in [0.4, 0.5) is 5.69 Å². The van der Waals surface area contributed by atoms with Crippen molar-refractivity contribution in [2.45, 2.75) is 24.8 Å². The molecule has 1 atom stereocenters. The topological polar surface area (TPSA) is 101 Å². The van der Waals surface area contributed by atoms with Crippen LogP contribution in [0.1, 0.15) is 12.5 Å². The fraction of sp³-hybridized carbons (Fsp3) is 0.364. The Kier molecular flexibility index (Phi) is 6.44. The summed E-state index contributed by atoms with van der Waals surface area (Å²) in [5.41, 5.74) is 6.42. The Balaban J connectivity index is 0.00000324. The third kappa shape index (κ3) is 4.46. The average molecular weight is 308 g/mol. The third-order valence-electron chi connectivity index (χ3n) is 2.43. The molecule has 1 rings (SSSR count). The van der Waals surface area contributed by atoms with E-state index in [0.717, 1.165) is 0 Å². The van der Waals surface area contributed by atoms with Crippen LogP contribution in [0, 0.1) is 6.92 Å². The van der Waals surface area contributed by atoms with Crippen molar-refractivity contribution < 1.29 is 13.2 Å². The van der Waals surface area contributed by atoms with Crippen molar-refractivity contribution in [2.75, 3.05) is 12.4 Å². The zero-order chi connectivity index (χ0) is 13.9. The Morgan fingerprint density at radius 2 is 1.95 bits per heavy atom. The van der Waals surface area contributed by atoms with Crippen molar-refractivity contribution in [2.24, 2.45) is 5.73 Å². The van der Waals surface area contributed by atoms with Crippen molar-refractivity contribution in [1.82, 2.24) is 4.72 Å². The van der Waals surface area contributed by atoms with E-state index in [1.807, 2.05) is 0 Å². The van der Waals surface area contributed by atoms with Gasteiger partial charge in [-0.3, -0.25) is 4.79 Å². The molecule has 4 N–H and O–H groups in total. The molecule has 19 heavy (non-hydrogen) atoms. The lowest BCUT2D eigenvalue weighted by atomic mass is 10.2. The lowest BCUT2D eigenvalue weighted by molar-refractivity contribution is -0.117. The molecule has 0 heterocycles. The highest BCUT2D eigenvalue weighted by Crippen LogP contribution is 2.19. The van der Waals surface area contributed by atoms with Crippen LogP contribution in [0.15, 0.2) is 23.1 Å². The van der Waals surface area contributed by atoms with Crippen LogP contribution in [-0.4, -0.2) is 27.4 Å². The SMILES string of the molecule is CNS(=O)(=O)c1cc(NC(=O)[C@H](C)N)ccc1C.Cl. The van der Waals surface area contributed by atoms with Crippen molar-refractivity contribution in [3.8, 4) is 0 Å². The molecule has 1 aromatic carbocycles. The molecule has 0 radical (unpaired) electrons. The number of nitrogens with one attached hydrogen (secondary N) is 2. The molecule has 108 valence electrons. The normalized spacial score (nSPS) is 12.4. The molecule has 0 saturated heterocycles. The van der Waals surface area contributed by atoms with Crippen LogP contribution in [0.5, 0.6) is 0 Å². The number of rotatable bonds is 4. The van der Waals surface area contributed by atoms with Crippen molar-refractivity contribution in [3.05, 3.63) is 23.8 Å². The highest BCUT2D eigenvalue weighted by Gasteiger charge is 2.16. The fourth-order valence-electron chi connectivity index (χ4n) is 1.33. The van der Waals surface area contributed by atoms with Gasteiger partial charge in [-0.05, 0) is 38.6 Å². The molecule has 8 heteroatoms. The van der Waals surface area contributed by atoms with Gasteiger partial charge in [0.25, 0.3) is 0 Å². The van der Waals surface area contributed by atoms with Gasteiger partial charge in [0.05, 0.1) is 10.9 Å². The van der Waals surface area contributed by atoms with Gasteiger partial charge in [-0.15, -0.1) is 12.4 Å². The molecular formula is C11H18ClN3O3S. The Morgan fingerprint density at radius 3 is 2.42 bits per heavy atom. The van der Waals surface area contributed by atoms with Crippen LogP contribution < -0.4 is 15.8 Å². The number of amides is 1. The minimum atomic E-state index is -3.54. The first-order valence-corrected chi connectivity index (χ1v) is 6.87. The second kappa shape index (κ2) is 6.85. The molecule has 0 aliphatic rings. The summed E-state index contributed by atoms with van der Waals surface area (Å²) in [4.78, 5) is 11.6. The molecule has 0 saturated carbocycles. The van der Waals surface area contributed by atoms with E-state index in [2.05, 4.69) is 10.0 Å². The minimum absolute atomic E-state index is 0. The summed E-state index contributed by atoms with van der Waals surface area (Å²) in [5.74, 6) is -0.369. The maximum Gasteiger partial charge on any atom is 0.240 e. The molecule has 1 amide bonds. The second-order valence-electron chi connectivity index (χ2n) is 3.97. The van der Waals surface area contributed by atoms with E-state index in [1.165, 1.54) is 13.1 Å². The van der Waals surface area contributed by atoms with Crippen molar-refractivity contribution in [1.29, 1.82) is 0 Å². The van der Waals surface area contributed by atoms with E-state index in [-0.39, 0.29) is 23.2 Å². The number of sulfonamides is 1. The molecule has 0 spiro atoms. The van der Waals surface area contributed by atoms with E-state index >= 15 is 0 Å². The first-order valence-electron chi connectivity index (χ1n) is 5.38. The number of benzene rings is 1. The minimum Gasteiger partial charge on any atom is -0.325 e. The van der Waals surface area contributed by atoms with Gasteiger partial charge in [0.15, 0.2) is 0 Å².